The minimum absolute atomic E-state index is 0.0918. The standard InChI is InChI=1S/C13H16N2O4S/c1-9(16)19-8-20-11-5-3-2-4-10(11)13(18)15-7-6-12(14)17/h2-5H,6-8H2,1H3,(H2,14,17)(H,15,18). The number of ether oxygens (including phenoxy) is 1. The average molecular weight is 296 g/mol. The van der Waals surface area contributed by atoms with Gasteiger partial charge in [0, 0.05) is 24.8 Å². The predicted molar refractivity (Wildman–Crippen MR) is 75.1 cm³/mol. The van der Waals surface area contributed by atoms with Gasteiger partial charge in [0.1, 0.15) is 5.94 Å². The van der Waals surface area contributed by atoms with E-state index in [1.54, 1.807) is 24.3 Å². The third kappa shape index (κ3) is 5.75. The van der Waals surface area contributed by atoms with E-state index in [-0.39, 0.29) is 30.8 Å². The van der Waals surface area contributed by atoms with Crippen LogP contribution >= 0.6 is 11.8 Å². The van der Waals surface area contributed by atoms with Crippen molar-refractivity contribution < 1.29 is 19.1 Å². The molecule has 0 radical (unpaired) electrons. The first kappa shape index (κ1) is 16.0. The highest BCUT2D eigenvalue weighted by Gasteiger charge is 2.11. The second kappa shape index (κ2) is 8.21. The minimum Gasteiger partial charge on any atom is -0.454 e. The first-order valence-corrected chi connectivity index (χ1v) is 6.91. The van der Waals surface area contributed by atoms with Gasteiger partial charge in [-0.05, 0) is 12.1 Å². The number of carbonyl (C=O) groups excluding carboxylic acids is 3. The van der Waals surface area contributed by atoms with Crippen LogP contribution in [0.25, 0.3) is 0 Å². The summed E-state index contributed by atoms with van der Waals surface area (Å²) < 4.78 is 4.82. The van der Waals surface area contributed by atoms with E-state index in [0.717, 1.165) is 0 Å². The van der Waals surface area contributed by atoms with E-state index in [1.807, 2.05) is 0 Å². The Morgan fingerprint density at radius 1 is 1.30 bits per heavy atom. The minimum atomic E-state index is -0.470. The molecular formula is C13H16N2O4S. The maximum Gasteiger partial charge on any atom is 0.303 e. The van der Waals surface area contributed by atoms with Gasteiger partial charge in [0.2, 0.25) is 5.91 Å². The highest BCUT2D eigenvalue weighted by molar-refractivity contribution is 7.99. The number of carbonyl (C=O) groups is 3. The molecule has 0 aliphatic heterocycles. The number of hydrogen-bond donors (Lipinski definition) is 2. The molecule has 1 aromatic carbocycles. The second-order valence-electron chi connectivity index (χ2n) is 3.87. The van der Waals surface area contributed by atoms with Crippen LogP contribution in [0.1, 0.15) is 23.7 Å². The number of thioether (sulfide) groups is 1. The summed E-state index contributed by atoms with van der Waals surface area (Å²) in [5.74, 6) is -0.998. The van der Waals surface area contributed by atoms with Gasteiger partial charge in [-0.25, -0.2) is 0 Å². The third-order valence-corrected chi connectivity index (χ3v) is 3.17. The fourth-order valence-electron chi connectivity index (χ4n) is 1.35. The van der Waals surface area contributed by atoms with Crippen LogP contribution in [0.5, 0.6) is 0 Å². The van der Waals surface area contributed by atoms with E-state index in [9.17, 15) is 14.4 Å². The van der Waals surface area contributed by atoms with Gasteiger partial charge in [0.25, 0.3) is 5.91 Å². The molecule has 0 spiro atoms. The Bertz CT molecular complexity index is 505. The topological polar surface area (TPSA) is 98.5 Å². The van der Waals surface area contributed by atoms with Crippen LogP contribution < -0.4 is 11.1 Å². The SMILES string of the molecule is CC(=O)OCSc1ccccc1C(=O)NCCC(N)=O. The van der Waals surface area contributed by atoms with Gasteiger partial charge in [0.15, 0.2) is 0 Å². The Balaban J connectivity index is 2.61. The monoisotopic (exact) mass is 296 g/mol. The molecule has 0 saturated carbocycles. The molecule has 3 N–H and O–H groups in total. The summed E-state index contributed by atoms with van der Waals surface area (Å²) >= 11 is 1.25. The first-order valence-electron chi connectivity index (χ1n) is 5.92. The quantitative estimate of drug-likeness (QED) is 0.442. The van der Waals surface area contributed by atoms with Gasteiger partial charge in [-0.3, -0.25) is 14.4 Å². The summed E-state index contributed by atoms with van der Waals surface area (Å²) in [6.45, 7) is 1.51. The Morgan fingerprint density at radius 2 is 2.00 bits per heavy atom. The molecule has 108 valence electrons. The van der Waals surface area contributed by atoms with Gasteiger partial charge in [-0.15, -0.1) is 0 Å². The van der Waals surface area contributed by atoms with Gasteiger partial charge < -0.3 is 15.8 Å². The molecule has 0 unspecified atom stereocenters. The number of esters is 1. The molecule has 1 rings (SSSR count). The molecule has 0 fully saturated rings. The Labute approximate surface area is 121 Å². The summed E-state index contributed by atoms with van der Waals surface area (Å²) in [6.07, 6.45) is 0.0918. The van der Waals surface area contributed by atoms with E-state index in [2.05, 4.69) is 5.32 Å². The first-order chi connectivity index (χ1) is 9.50. The number of rotatable bonds is 7. The van der Waals surface area contributed by atoms with Crippen LogP contribution in [-0.2, 0) is 14.3 Å². The lowest BCUT2D eigenvalue weighted by molar-refractivity contribution is -0.138. The summed E-state index contributed by atoms with van der Waals surface area (Å²) in [4.78, 5) is 34.0. The van der Waals surface area contributed by atoms with Crippen molar-refractivity contribution in [3.05, 3.63) is 29.8 Å². The molecule has 0 heterocycles. The molecule has 20 heavy (non-hydrogen) atoms. The van der Waals surface area contributed by atoms with Crippen LogP contribution in [0.4, 0.5) is 0 Å². The second-order valence-corrected chi connectivity index (χ2v) is 4.83. The number of nitrogens with one attached hydrogen (secondary N) is 1. The summed E-state index contributed by atoms with van der Waals surface area (Å²) in [7, 11) is 0. The van der Waals surface area contributed by atoms with Crippen molar-refractivity contribution in [3.63, 3.8) is 0 Å². The molecule has 1 aromatic rings. The zero-order chi connectivity index (χ0) is 15.0. The molecule has 0 aliphatic rings. The van der Waals surface area contributed by atoms with Gasteiger partial charge >= 0.3 is 5.97 Å². The van der Waals surface area contributed by atoms with Crippen molar-refractivity contribution in [3.8, 4) is 0 Å². The zero-order valence-corrected chi connectivity index (χ0v) is 11.9. The highest BCUT2D eigenvalue weighted by atomic mass is 32.2. The molecule has 0 saturated heterocycles. The predicted octanol–water partition coefficient (Wildman–Crippen LogP) is 0.905. The molecular weight excluding hydrogens is 280 g/mol. The lowest BCUT2D eigenvalue weighted by Gasteiger charge is -2.09. The van der Waals surface area contributed by atoms with E-state index in [0.29, 0.717) is 10.5 Å². The highest BCUT2D eigenvalue weighted by Crippen LogP contribution is 2.22. The number of hydrogen-bond acceptors (Lipinski definition) is 5. The third-order valence-electron chi connectivity index (χ3n) is 2.27. The number of amides is 2. The summed E-state index contributed by atoms with van der Waals surface area (Å²) in [6, 6.07) is 6.95. The fraction of sp³-hybridized carbons (Fsp3) is 0.308. The molecule has 7 heteroatoms. The van der Waals surface area contributed by atoms with Crippen molar-refractivity contribution >= 4 is 29.5 Å². The van der Waals surface area contributed by atoms with Crippen LogP contribution in [-0.4, -0.2) is 30.3 Å². The van der Waals surface area contributed by atoms with Crippen LogP contribution in [0.3, 0.4) is 0 Å². The van der Waals surface area contributed by atoms with Crippen molar-refractivity contribution in [2.45, 2.75) is 18.2 Å². The van der Waals surface area contributed by atoms with E-state index in [1.165, 1.54) is 18.7 Å². The van der Waals surface area contributed by atoms with Gasteiger partial charge in [-0.1, -0.05) is 23.9 Å². The lowest BCUT2D eigenvalue weighted by atomic mass is 10.2. The maximum atomic E-state index is 12.0. The van der Waals surface area contributed by atoms with Crippen LogP contribution in [0, 0.1) is 0 Å². The van der Waals surface area contributed by atoms with Crippen LogP contribution in [0.15, 0.2) is 29.2 Å². The van der Waals surface area contributed by atoms with Gasteiger partial charge in [-0.2, -0.15) is 0 Å². The van der Waals surface area contributed by atoms with E-state index < -0.39 is 5.91 Å². The number of benzene rings is 1. The van der Waals surface area contributed by atoms with Crippen molar-refractivity contribution in [1.29, 1.82) is 0 Å². The van der Waals surface area contributed by atoms with E-state index >= 15 is 0 Å². The van der Waals surface area contributed by atoms with Crippen molar-refractivity contribution in [1.82, 2.24) is 5.32 Å². The molecule has 0 aliphatic carbocycles. The Morgan fingerprint density at radius 3 is 2.65 bits per heavy atom. The largest absolute Gasteiger partial charge is 0.454 e. The normalized spacial score (nSPS) is 9.85. The summed E-state index contributed by atoms with van der Waals surface area (Å²) in [5.41, 5.74) is 5.47. The van der Waals surface area contributed by atoms with Crippen LogP contribution in [0.2, 0.25) is 0 Å². The molecule has 6 nitrogen and oxygen atoms in total. The molecule has 0 aromatic heterocycles. The number of primary amides is 1. The number of nitrogens with two attached hydrogens (primary N) is 1. The summed E-state index contributed by atoms with van der Waals surface area (Å²) in [5, 5.41) is 2.61. The van der Waals surface area contributed by atoms with Crippen molar-refractivity contribution in [2.24, 2.45) is 5.73 Å². The average Bonchev–Trinajstić information content (AvgIpc) is 2.38. The maximum absolute atomic E-state index is 12.0. The van der Waals surface area contributed by atoms with E-state index in [4.69, 9.17) is 10.5 Å². The molecule has 0 bridgehead atoms. The molecule has 2 amide bonds. The zero-order valence-electron chi connectivity index (χ0n) is 11.0. The Kier molecular flexibility index (Phi) is 6.58. The Hall–Kier alpha value is -2.02. The smallest absolute Gasteiger partial charge is 0.303 e. The molecule has 0 atom stereocenters. The lowest BCUT2D eigenvalue weighted by Crippen LogP contribution is -2.28. The van der Waals surface area contributed by atoms with Gasteiger partial charge in [0.05, 0.1) is 5.56 Å². The fourth-order valence-corrected chi connectivity index (χ4v) is 2.19. The van der Waals surface area contributed by atoms with Crippen molar-refractivity contribution in [2.75, 3.05) is 12.5 Å².